The van der Waals surface area contributed by atoms with Crippen LogP contribution in [0.3, 0.4) is 0 Å². The van der Waals surface area contributed by atoms with Gasteiger partial charge in [-0.1, -0.05) is 19.1 Å². The van der Waals surface area contributed by atoms with Crippen molar-refractivity contribution < 1.29 is 5.11 Å². The number of hydrogen-bond acceptors (Lipinski definition) is 2. The minimum Gasteiger partial charge on any atom is -0.393 e. The Morgan fingerprint density at radius 2 is 2.23 bits per heavy atom. The first kappa shape index (κ1) is 10.1. The van der Waals surface area contributed by atoms with Gasteiger partial charge in [-0.15, -0.1) is 0 Å². The summed E-state index contributed by atoms with van der Waals surface area (Å²) in [6.07, 6.45) is 1.34. The topological polar surface area (TPSA) is 32.3 Å². The maximum absolute atomic E-state index is 9.45. The van der Waals surface area contributed by atoms with Gasteiger partial charge in [0.15, 0.2) is 0 Å². The first-order chi connectivity index (χ1) is 6.26. The van der Waals surface area contributed by atoms with E-state index >= 15 is 0 Å². The molecule has 72 valence electrons. The normalized spacial score (nSPS) is 12.5. The van der Waals surface area contributed by atoms with Crippen LogP contribution in [0.2, 0.25) is 0 Å². The van der Waals surface area contributed by atoms with E-state index in [2.05, 4.69) is 11.4 Å². The molecule has 1 atom stereocenters. The Morgan fingerprint density at radius 3 is 2.85 bits per heavy atom. The molecule has 0 fully saturated rings. The molecule has 2 heteroatoms. The molecule has 0 radical (unpaired) electrons. The first-order valence-corrected chi connectivity index (χ1v) is 4.71. The van der Waals surface area contributed by atoms with Crippen LogP contribution in [0.4, 0.5) is 5.69 Å². The molecule has 0 aromatic heterocycles. The molecule has 0 aliphatic rings. The number of nitrogens with one attached hydrogen (secondary N) is 1. The number of anilines is 1. The van der Waals surface area contributed by atoms with Crippen molar-refractivity contribution in [3.8, 4) is 0 Å². The van der Waals surface area contributed by atoms with Crippen molar-refractivity contribution in [2.75, 3.05) is 12.4 Å². The van der Waals surface area contributed by atoms with E-state index < -0.39 is 0 Å². The average molecular weight is 179 g/mol. The number of aliphatic hydroxyl groups is 1. The SMILES string of the molecule is CCC(O)Cc1cccc(NC)c1. The van der Waals surface area contributed by atoms with E-state index in [-0.39, 0.29) is 6.10 Å². The zero-order valence-electron chi connectivity index (χ0n) is 8.25. The number of benzene rings is 1. The second-order valence-electron chi connectivity index (χ2n) is 3.22. The molecule has 0 heterocycles. The fraction of sp³-hybridized carbons (Fsp3) is 0.455. The number of hydrogen-bond donors (Lipinski definition) is 2. The van der Waals surface area contributed by atoms with Crippen LogP contribution in [0.25, 0.3) is 0 Å². The van der Waals surface area contributed by atoms with Gasteiger partial charge in [-0.2, -0.15) is 0 Å². The fourth-order valence-electron chi connectivity index (χ4n) is 1.27. The second kappa shape index (κ2) is 4.87. The Balaban J connectivity index is 2.66. The van der Waals surface area contributed by atoms with E-state index in [0.717, 1.165) is 18.5 Å². The standard InChI is InChI=1S/C11H17NO/c1-3-11(13)8-9-5-4-6-10(7-9)12-2/h4-7,11-13H,3,8H2,1-2H3. The summed E-state index contributed by atoms with van der Waals surface area (Å²) in [6.45, 7) is 1.99. The molecule has 1 rings (SSSR count). The molecule has 2 N–H and O–H groups in total. The fourth-order valence-corrected chi connectivity index (χ4v) is 1.27. The van der Waals surface area contributed by atoms with Crippen molar-refractivity contribution in [3.05, 3.63) is 29.8 Å². The lowest BCUT2D eigenvalue weighted by Crippen LogP contribution is -2.08. The Bertz CT molecular complexity index is 260. The van der Waals surface area contributed by atoms with E-state index in [1.165, 1.54) is 5.56 Å². The van der Waals surface area contributed by atoms with Gasteiger partial charge in [0.1, 0.15) is 0 Å². The van der Waals surface area contributed by atoms with Crippen molar-refractivity contribution in [2.45, 2.75) is 25.9 Å². The lowest BCUT2D eigenvalue weighted by atomic mass is 10.1. The van der Waals surface area contributed by atoms with Crippen molar-refractivity contribution >= 4 is 5.69 Å². The van der Waals surface area contributed by atoms with Crippen molar-refractivity contribution in [1.29, 1.82) is 0 Å². The Labute approximate surface area is 79.6 Å². The molecule has 13 heavy (non-hydrogen) atoms. The Hall–Kier alpha value is -1.02. The summed E-state index contributed by atoms with van der Waals surface area (Å²) in [7, 11) is 1.90. The van der Waals surface area contributed by atoms with Crippen LogP contribution in [0.1, 0.15) is 18.9 Å². The molecule has 0 saturated carbocycles. The second-order valence-corrected chi connectivity index (χ2v) is 3.22. The highest BCUT2D eigenvalue weighted by molar-refractivity contribution is 5.45. The van der Waals surface area contributed by atoms with Gasteiger partial charge in [-0.05, 0) is 30.5 Å². The predicted octanol–water partition coefficient (Wildman–Crippen LogP) is 2.04. The summed E-state index contributed by atoms with van der Waals surface area (Å²) in [4.78, 5) is 0. The molecular formula is C11H17NO. The van der Waals surface area contributed by atoms with Gasteiger partial charge >= 0.3 is 0 Å². The van der Waals surface area contributed by atoms with E-state index in [0.29, 0.717) is 0 Å². The summed E-state index contributed by atoms with van der Waals surface area (Å²) in [5.74, 6) is 0. The molecular weight excluding hydrogens is 162 g/mol. The largest absolute Gasteiger partial charge is 0.393 e. The van der Waals surface area contributed by atoms with E-state index in [4.69, 9.17) is 0 Å². The number of rotatable bonds is 4. The molecule has 0 bridgehead atoms. The quantitative estimate of drug-likeness (QED) is 0.741. The molecule has 0 aliphatic carbocycles. The summed E-state index contributed by atoms with van der Waals surface area (Å²) >= 11 is 0. The Kier molecular flexibility index (Phi) is 3.77. The van der Waals surface area contributed by atoms with Gasteiger partial charge in [0.2, 0.25) is 0 Å². The minimum absolute atomic E-state index is 0.216. The van der Waals surface area contributed by atoms with Gasteiger partial charge in [-0.25, -0.2) is 0 Å². The van der Waals surface area contributed by atoms with E-state index in [1.807, 2.05) is 32.2 Å². The van der Waals surface area contributed by atoms with E-state index in [1.54, 1.807) is 0 Å². The summed E-state index contributed by atoms with van der Waals surface area (Å²) in [6, 6.07) is 8.13. The summed E-state index contributed by atoms with van der Waals surface area (Å²) in [5, 5.41) is 12.5. The molecule has 0 amide bonds. The highest BCUT2D eigenvalue weighted by Crippen LogP contribution is 2.12. The van der Waals surface area contributed by atoms with E-state index in [9.17, 15) is 5.11 Å². The van der Waals surface area contributed by atoms with Crippen molar-refractivity contribution in [1.82, 2.24) is 0 Å². The monoisotopic (exact) mass is 179 g/mol. The van der Waals surface area contributed by atoms with Gasteiger partial charge in [-0.3, -0.25) is 0 Å². The molecule has 1 aromatic carbocycles. The van der Waals surface area contributed by atoms with Crippen LogP contribution >= 0.6 is 0 Å². The molecule has 2 nitrogen and oxygen atoms in total. The number of aliphatic hydroxyl groups excluding tert-OH is 1. The third kappa shape index (κ3) is 3.07. The van der Waals surface area contributed by atoms with Crippen LogP contribution in [0.15, 0.2) is 24.3 Å². The smallest absolute Gasteiger partial charge is 0.0577 e. The van der Waals surface area contributed by atoms with Gasteiger partial charge in [0.05, 0.1) is 6.10 Å². The zero-order chi connectivity index (χ0) is 9.68. The van der Waals surface area contributed by atoms with Crippen LogP contribution < -0.4 is 5.32 Å². The Morgan fingerprint density at radius 1 is 1.46 bits per heavy atom. The molecule has 1 unspecified atom stereocenters. The molecule has 1 aromatic rings. The lowest BCUT2D eigenvalue weighted by molar-refractivity contribution is 0.171. The maximum atomic E-state index is 9.45. The first-order valence-electron chi connectivity index (χ1n) is 4.71. The highest BCUT2D eigenvalue weighted by atomic mass is 16.3. The maximum Gasteiger partial charge on any atom is 0.0577 e. The van der Waals surface area contributed by atoms with Crippen LogP contribution in [0.5, 0.6) is 0 Å². The predicted molar refractivity (Wildman–Crippen MR) is 56.0 cm³/mol. The third-order valence-electron chi connectivity index (χ3n) is 2.16. The van der Waals surface area contributed by atoms with Gasteiger partial charge in [0.25, 0.3) is 0 Å². The summed E-state index contributed by atoms with van der Waals surface area (Å²) in [5.41, 5.74) is 2.28. The summed E-state index contributed by atoms with van der Waals surface area (Å²) < 4.78 is 0. The molecule has 0 saturated heterocycles. The van der Waals surface area contributed by atoms with Gasteiger partial charge < -0.3 is 10.4 Å². The van der Waals surface area contributed by atoms with Crippen molar-refractivity contribution in [3.63, 3.8) is 0 Å². The molecule has 0 aliphatic heterocycles. The minimum atomic E-state index is -0.216. The zero-order valence-corrected chi connectivity index (χ0v) is 8.25. The lowest BCUT2D eigenvalue weighted by Gasteiger charge is -2.08. The van der Waals surface area contributed by atoms with Crippen molar-refractivity contribution in [2.24, 2.45) is 0 Å². The highest BCUT2D eigenvalue weighted by Gasteiger charge is 2.02. The van der Waals surface area contributed by atoms with Crippen LogP contribution in [0, 0.1) is 0 Å². The average Bonchev–Trinajstić information content (AvgIpc) is 2.18. The van der Waals surface area contributed by atoms with Crippen LogP contribution in [-0.2, 0) is 6.42 Å². The third-order valence-corrected chi connectivity index (χ3v) is 2.16. The van der Waals surface area contributed by atoms with Gasteiger partial charge in [0, 0.05) is 12.7 Å². The van der Waals surface area contributed by atoms with Crippen LogP contribution in [-0.4, -0.2) is 18.3 Å². The molecule has 0 spiro atoms.